The molecule has 1 atom stereocenters. The van der Waals surface area contributed by atoms with Crippen LogP contribution in [-0.4, -0.2) is 24.1 Å². The van der Waals surface area contributed by atoms with Gasteiger partial charge >= 0.3 is 6.30 Å². The Morgan fingerprint density at radius 1 is 1.26 bits per heavy atom. The molecule has 0 amide bonds. The third-order valence-corrected chi connectivity index (χ3v) is 4.36. The molecule has 118 valence electrons. The van der Waals surface area contributed by atoms with Crippen molar-refractivity contribution in [3.05, 3.63) is 52.0 Å². The summed E-state index contributed by atoms with van der Waals surface area (Å²) in [5, 5.41) is 9.69. The maximum atomic E-state index is 13.3. The van der Waals surface area contributed by atoms with E-state index in [2.05, 4.69) is 4.99 Å². The Kier molecular flexibility index (Phi) is 3.64. The van der Waals surface area contributed by atoms with Crippen LogP contribution in [0.3, 0.4) is 0 Å². The molecule has 0 saturated heterocycles. The van der Waals surface area contributed by atoms with Crippen LogP contribution in [0.2, 0.25) is 10.0 Å². The minimum atomic E-state index is -4.69. The lowest BCUT2D eigenvalue weighted by Gasteiger charge is -2.31. The number of rotatable bonds is 1. The summed E-state index contributed by atoms with van der Waals surface area (Å²) in [5.41, 5.74) is -0.105. The summed E-state index contributed by atoms with van der Waals surface area (Å²) in [6, 6.07) is 6.14. The molecule has 2 aliphatic rings. The van der Waals surface area contributed by atoms with Crippen molar-refractivity contribution in [2.45, 2.75) is 6.30 Å². The molecule has 0 aliphatic carbocycles. The molecule has 0 saturated carbocycles. The Balaban J connectivity index is 2.23. The van der Waals surface area contributed by atoms with Gasteiger partial charge in [0.1, 0.15) is 18.0 Å². The monoisotopic (exact) mass is 359 g/mol. The average molecular weight is 360 g/mol. The Hall–Kier alpha value is -2.01. The van der Waals surface area contributed by atoms with Crippen molar-refractivity contribution in [2.24, 2.45) is 4.99 Å². The van der Waals surface area contributed by atoms with Gasteiger partial charge in [0.05, 0.1) is 10.0 Å². The lowest BCUT2D eigenvalue weighted by molar-refractivity contribution is -0.231. The van der Waals surface area contributed by atoms with Crippen LogP contribution < -0.4 is 4.48 Å². The van der Waals surface area contributed by atoms with E-state index in [1.165, 1.54) is 30.6 Å². The van der Waals surface area contributed by atoms with Gasteiger partial charge in [-0.2, -0.15) is 9.74 Å². The zero-order valence-electron chi connectivity index (χ0n) is 11.3. The number of aliphatic imine (C=N–C) groups is 1. The molecule has 1 aromatic rings. The molecule has 0 fully saturated rings. The molecular weight excluding hydrogens is 352 g/mol. The molecule has 0 N–H and O–H groups in total. The molecule has 0 radical (unpaired) electrons. The number of alkyl halides is 3. The normalized spacial score (nSPS) is 23.2. The summed E-state index contributed by atoms with van der Waals surface area (Å²) in [7, 11) is 0. The Morgan fingerprint density at radius 2 is 2.00 bits per heavy atom. The van der Waals surface area contributed by atoms with Crippen molar-refractivity contribution >= 4 is 35.1 Å². The molecule has 0 aromatic heterocycles. The first kappa shape index (κ1) is 15.9. The van der Waals surface area contributed by atoms with Gasteiger partial charge in [-0.05, 0) is 6.07 Å². The fraction of sp³-hybridized carbons (Fsp3) is 0.143. The van der Waals surface area contributed by atoms with Gasteiger partial charge in [0, 0.05) is 24.4 Å². The Labute approximate surface area is 139 Å². The molecule has 2 heterocycles. The van der Waals surface area contributed by atoms with Crippen molar-refractivity contribution in [3.63, 3.8) is 0 Å². The number of halogens is 5. The van der Waals surface area contributed by atoms with Gasteiger partial charge in [0.15, 0.2) is 6.67 Å². The molecule has 0 spiro atoms. The van der Waals surface area contributed by atoms with Gasteiger partial charge in [-0.3, -0.25) is 0 Å². The summed E-state index contributed by atoms with van der Waals surface area (Å²) >= 11 is 11.9. The number of benzene rings is 1. The minimum Gasteiger partial charge on any atom is -0.218 e. The van der Waals surface area contributed by atoms with Gasteiger partial charge < -0.3 is 0 Å². The van der Waals surface area contributed by atoms with Crippen LogP contribution in [0.1, 0.15) is 0 Å². The van der Waals surface area contributed by atoms with Crippen LogP contribution in [0.15, 0.2) is 47.0 Å². The molecule has 1 aromatic carbocycles. The SMILES string of the molecule is N#CC1=C2N=CC=C[N+]2(c2ccc(Cl)c(Cl)c2)CN1C(F)(F)F. The number of allylic oxidation sites excluding steroid dienone is 2. The quantitative estimate of drug-likeness (QED) is 0.551. The van der Waals surface area contributed by atoms with E-state index in [0.717, 1.165) is 0 Å². The summed E-state index contributed by atoms with van der Waals surface area (Å²) < 4.78 is 39.4. The molecule has 23 heavy (non-hydrogen) atoms. The van der Waals surface area contributed by atoms with Gasteiger partial charge in [0.2, 0.25) is 5.70 Å². The highest BCUT2D eigenvalue weighted by molar-refractivity contribution is 6.42. The highest BCUT2D eigenvalue weighted by Gasteiger charge is 2.55. The zero-order valence-corrected chi connectivity index (χ0v) is 12.9. The first-order valence-electron chi connectivity index (χ1n) is 6.34. The van der Waals surface area contributed by atoms with Crippen LogP contribution >= 0.6 is 23.2 Å². The lowest BCUT2D eigenvalue weighted by atomic mass is 10.2. The maximum absolute atomic E-state index is 13.3. The van der Waals surface area contributed by atoms with Crippen molar-refractivity contribution in [1.29, 1.82) is 5.26 Å². The van der Waals surface area contributed by atoms with Crippen LogP contribution in [0, 0.1) is 11.3 Å². The number of hydrogen-bond donors (Lipinski definition) is 0. The number of quaternary nitrogens is 1. The average Bonchev–Trinajstić information content (AvgIpc) is 2.85. The minimum absolute atomic E-state index is 0.00860. The second-order valence-electron chi connectivity index (χ2n) is 4.91. The predicted molar refractivity (Wildman–Crippen MR) is 81.3 cm³/mol. The topological polar surface area (TPSA) is 39.4 Å². The second-order valence-corrected chi connectivity index (χ2v) is 5.72. The Bertz CT molecular complexity index is 807. The third kappa shape index (κ3) is 2.39. The van der Waals surface area contributed by atoms with E-state index in [1.807, 2.05) is 0 Å². The molecule has 4 nitrogen and oxygen atoms in total. The second kappa shape index (κ2) is 5.27. The number of nitriles is 1. The molecule has 9 heteroatoms. The van der Waals surface area contributed by atoms with E-state index < -0.39 is 18.7 Å². The first-order chi connectivity index (χ1) is 10.8. The van der Waals surface area contributed by atoms with Crippen molar-refractivity contribution in [2.75, 3.05) is 6.67 Å². The van der Waals surface area contributed by atoms with Crippen LogP contribution in [-0.2, 0) is 0 Å². The largest absolute Gasteiger partial charge is 0.490 e. The number of fused-ring (bicyclic) bond motifs is 1. The van der Waals surface area contributed by atoms with Crippen LogP contribution in [0.5, 0.6) is 0 Å². The van der Waals surface area contributed by atoms with Gasteiger partial charge in [-0.25, -0.2) is 9.89 Å². The van der Waals surface area contributed by atoms with E-state index in [1.54, 1.807) is 12.1 Å². The summed E-state index contributed by atoms with van der Waals surface area (Å²) in [6.45, 7) is -0.534. The van der Waals surface area contributed by atoms with Crippen molar-refractivity contribution < 1.29 is 13.2 Å². The molecular formula is C14H8Cl2F3N4+. The highest BCUT2D eigenvalue weighted by Crippen LogP contribution is 2.45. The predicted octanol–water partition coefficient (Wildman–Crippen LogP) is 4.38. The summed E-state index contributed by atoms with van der Waals surface area (Å²) in [6.07, 6.45) is -0.285. The molecule has 2 aliphatic heterocycles. The van der Waals surface area contributed by atoms with E-state index in [9.17, 15) is 18.4 Å². The van der Waals surface area contributed by atoms with Gasteiger partial charge in [-0.15, -0.1) is 13.2 Å². The van der Waals surface area contributed by atoms with Crippen LogP contribution in [0.25, 0.3) is 0 Å². The van der Waals surface area contributed by atoms with Crippen molar-refractivity contribution in [1.82, 2.24) is 9.38 Å². The third-order valence-electron chi connectivity index (χ3n) is 3.62. The standard InChI is InChI=1S/C14H8Cl2F3N4/c15-10-3-2-9(6-11(10)16)23-5-1-4-21-13(23)12(7-20)22(8-23)14(17,18)19/h1-6H,8H2/q+1. The van der Waals surface area contributed by atoms with E-state index >= 15 is 0 Å². The molecule has 3 rings (SSSR count). The summed E-state index contributed by atoms with van der Waals surface area (Å²) in [4.78, 5) is 4.09. The first-order valence-corrected chi connectivity index (χ1v) is 7.10. The Morgan fingerprint density at radius 3 is 2.61 bits per heavy atom. The highest BCUT2D eigenvalue weighted by atomic mass is 35.5. The smallest absolute Gasteiger partial charge is 0.218 e. The van der Waals surface area contributed by atoms with Gasteiger partial charge in [0.25, 0.3) is 5.82 Å². The van der Waals surface area contributed by atoms with Gasteiger partial charge in [-0.1, -0.05) is 23.2 Å². The van der Waals surface area contributed by atoms with Crippen molar-refractivity contribution in [3.8, 4) is 6.07 Å². The zero-order chi connectivity index (χ0) is 16.8. The summed E-state index contributed by atoms with van der Waals surface area (Å²) in [5.74, 6) is -0.00860. The molecule has 1 unspecified atom stereocenters. The van der Waals surface area contributed by atoms with E-state index in [-0.39, 0.29) is 25.2 Å². The molecule has 0 bridgehead atoms. The maximum Gasteiger partial charge on any atom is 0.490 e. The lowest BCUT2D eigenvalue weighted by Crippen LogP contribution is -2.47. The van der Waals surface area contributed by atoms with Crippen LogP contribution in [0.4, 0.5) is 18.9 Å². The van der Waals surface area contributed by atoms with E-state index in [0.29, 0.717) is 5.69 Å². The van der Waals surface area contributed by atoms with E-state index in [4.69, 9.17) is 23.2 Å². The number of hydrogen-bond acceptors (Lipinski definition) is 3. The fourth-order valence-corrected chi connectivity index (χ4v) is 2.88. The fourth-order valence-electron chi connectivity index (χ4n) is 2.59. The number of nitrogens with zero attached hydrogens (tertiary/aromatic N) is 4.